The summed E-state index contributed by atoms with van der Waals surface area (Å²) in [6, 6.07) is 37.1. The van der Waals surface area contributed by atoms with E-state index in [1.165, 1.54) is 0 Å². The zero-order chi connectivity index (χ0) is 18.4. The Morgan fingerprint density at radius 1 is 0.556 bits per heavy atom. The first-order chi connectivity index (χ1) is 13.4. The minimum absolute atomic E-state index is 0.416. The smallest absolute Gasteiger partial charge is 0.144 e. The van der Waals surface area contributed by atoms with Gasteiger partial charge in [-0.15, -0.1) is 0 Å². The van der Waals surface area contributed by atoms with E-state index in [1.54, 1.807) is 6.20 Å². The summed E-state index contributed by atoms with van der Waals surface area (Å²) in [5.41, 5.74) is 3.49. The van der Waals surface area contributed by atoms with E-state index >= 15 is 0 Å². The van der Waals surface area contributed by atoms with E-state index in [0.717, 1.165) is 22.4 Å². The minimum Gasteiger partial charge on any atom is -0.355 e. The standard InChI is InChI=1S/C25H21NO/c1-4-12-21(13-5-1)25(22-14-6-2-7-15-22,23-16-8-3-9-17-23)27-20-24-18-10-11-19-26-24/h1-19H,20H2. The van der Waals surface area contributed by atoms with Gasteiger partial charge in [-0.25, -0.2) is 0 Å². The number of rotatable bonds is 6. The van der Waals surface area contributed by atoms with Crippen molar-refractivity contribution < 1.29 is 4.74 Å². The van der Waals surface area contributed by atoms with Crippen molar-refractivity contribution in [3.8, 4) is 0 Å². The zero-order valence-corrected chi connectivity index (χ0v) is 15.0. The molecule has 0 saturated carbocycles. The third-order valence-electron chi connectivity index (χ3n) is 4.70. The van der Waals surface area contributed by atoms with Gasteiger partial charge in [-0.1, -0.05) is 97.1 Å². The molecule has 0 amide bonds. The van der Waals surface area contributed by atoms with Crippen LogP contribution in [-0.2, 0) is 16.9 Å². The number of hydrogen-bond acceptors (Lipinski definition) is 2. The third-order valence-corrected chi connectivity index (χ3v) is 4.70. The van der Waals surface area contributed by atoms with E-state index in [1.807, 2.05) is 36.4 Å². The molecule has 2 heteroatoms. The molecule has 0 aliphatic carbocycles. The lowest BCUT2D eigenvalue weighted by Crippen LogP contribution is -2.32. The molecule has 1 heterocycles. The Balaban J connectivity index is 1.89. The van der Waals surface area contributed by atoms with Gasteiger partial charge in [0.25, 0.3) is 0 Å². The Bertz CT molecular complexity index is 857. The number of pyridine rings is 1. The molecular weight excluding hydrogens is 330 g/mol. The molecule has 1 aromatic heterocycles. The first-order valence-electron chi connectivity index (χ1n) is 9.10. The second-order valence-electron chi connectivity index (χ2n) is 6.39. The topological polar surface area (TPSA) is 22.1 Å². The summed E-state index contributed by atoms with van der Waals surface area (Å²) in [6.45, 7) is 0.416. The second kappa shape index (κ2) is 7.98. The Hall–Kier alpha value is -3.23. The van der Waals surface area contributed by atoms with Gasteiger partial charge in [-0.3, -0.25) is 4.98 Å². The maximum Gasteiger partial charge on any atom is 0.144 e. The van der Waals surface area contributed by atoms with Crippen LogP contribution in [0, 0.1) is 0 Å². The molecule has 3 aromatic carbocycles. The normalized spacial score (nSPS) is 11.3. The summed E-state index contributed by atoms with van der Waals surface area (Å²) in [7, 11) is 0. The highest BCUT2D eigenvalue weighted by atomic mass is 16.5. The molecule has 4 aromatic rings. The lowest BCUT2D eigenvalue weighted by molar-refractivity contribution is -0.00140. The molecule has 0 atom stereocenters. The molecule has 0 aliphatic heterocycles. The van der Waals surface area contributed by atoms with Crippen LogP contribution in [0.15, 0.2) is 115 Å². The zero-order valence-electron chi connectivity index (χ0n) is 15.0. The van der Waals surface area contributed by atoms with Gasteiger partial charge in [0.2, 0.25) is 0 Å². The predicted molar refractivity (Wildman–Crippen MR) is 108 cm³/mol. The van der Waals surface area contributed by atoms with Gasteiger partial charge in [-0.2, -0.15) is 0 Å². The summed E-state index contributed by atoms with van der Waals surface area (Å²) in [4.78, 5) is 4.44. The van der Waals surface area contributed by atoms with Crippen molar-refractivity contribution in [2.45, 2.75) is 12.2 Å². The van der Waals surface area contributed by atoms with Crippen LogP contribution >= 0.6 is 0 Å². The molecule has 0 fully saturated rings. The highest BCUT2D eigenvalue weighted by molar-refractivity contribution is 5.47. The van der Waals surface area contributed by atoms with E-state index in [2.05, 4.69) is 77.8 Å². The van der Waals surface area contributed by atoms with Gasteiger partial charge in [0.15, 0.2) is 0 Å². The van der Waals surface area contributed by atoms with Crippen molar-refractivity contribution in [1.82, 2.24) is 4.98 Å². The summed E-state index contributed by atoms with van der Waals surface area (Å²) in [6.07, 6.45) is 1.80. The lowest BCUT2D eigenvalue weighted by atomic mass is 9.80. The van der Waals surface area contributed by atoms with Crippen molar-refractivity contribution in [3.63, 3.8) is 0 Å². The first-order valence-corrected chi connectivity index (χ1v) is 9.10. The molecule has 2 nitrogen and oxygen atoms in total. The quantitative estimate of drug-likeness (QED) is 0.422. The molecule has 0 bridgehead atoms. The average molecular weight is 351 g/mol. The predicted octanol–water partition coefficient (Wildman–Crippen LogP) is 5.59. The van der Waals surface area contributed by atoms with Crippen LogP contribution < -0.4 is 0 Å². The van der Waals surface area contributed by atoms with Crippen molar-refractivity contribution >= 4 is 0 Å². The monoisotopic (exact) mass is 351 g/mol. The molecule has 0 saturated heterocycles. The maximum atomic E-state index is 6.71. The van der Waals surface area contributed by atoms with Crippen LogP contribution in [0.3, 0.4) is 0 Å². The number of aromatic nitrogens is 1. The van der Waals surface area contributed by atoms with Gasteiger partial charge < -0.3 is 4.74 Å². The van der Waals surface area contributed by atoms with Gasteiger partial charge in [-0.05, 0) is 28.8 Å². The van der Waals surface area contributed by atoms with Crippen LogP contribution in [0.1, 0.15) is 22.4 Å². The van der Waals surface area contributed by atoms with Crippen molar-refractivity contribution in [3.05, 3.63) is 138 Å². The fraction of sp³-hybridized carbons (Fsp3) is 0.0800. The third kappa shape index (κ3) is 3.53. The van der Waals surface area contributed by atoms with Crippen LogP contribution in [0.4, 0.5) is 0 Å². The fourth-order valence-electron chi connectivity index (χ4n) is 3.43. The van der Waals surface area contributed by atoms with E-state index in [9.17, 15) is 0 Å². The molecule has 0 unspecified atom stereocenters. The van der Waals surface area contributed by atoms with Gasteiger partial charge >= 0.3 is 0 Å². The van der Waals surface area contributed by atoms with Crippen LogP contribution in [-0.4, -0.2) is 4.98 Å². The number of ether oxygens (including phenoxy) is 1. The molecular formula is C25H21NO. The molecule has 4 rings (SSSR count). The number of nitrogens with zero attached hydrogens (tertiary/aromatic N) is 1. The molecule has 0 aliphatic rings. The molecule has 0 spiro atoms. The molecule has 27 heavy (non-hydrogen) atoms. The summed E-state index contributed by atoms with van der Waals surface area (Å²) >= 11 is 0. The second-order valence-corrected chi connectivity index (χ2v) is 6.39. The van der Waals surface area contributed by atoms with Crippen molar-refractivity contribution in [1.29, 1.82) is 0 Å². The minimum atomic E-state index is -0.707. The summed E-state index contributed by atoms with van der Waals surface area (Å²) < 4.78 is 6.71. The van der Waals surface area contributed by atoms with Crippen LogP contribution in [0.2, 0.25) is 0 Å². The summed E-state index contributed by atoms with van der Waals surface area (Å²) in [5, 5.41) is 0. The fourth-order valence-corrected chi connectivity index (χ4v) is 3.43. The molecule has 132 valence electrons. The first kappa shape index (κ1) is 17.2. The number of benzene rings is 3. The van der Waals surface area contributed by atoms with Crippen molar-refractivity contribution in [2.24, 2.45) is 0 Å². The van der Waals surface area contributed by atoms with Gasteiger partial charge in [0.1, 0.15) is 5.60 Å². The van der Waals surface area contributed by atoms with Crippen molar-refractivity contribution in [2.75, 3.05) is 0 Å². The largest absolute Gasteiger partial charge is 0.355 e. The Morgan fingerprint density at radius 2 is 1.00 bits per heavy atom. The Morgan fingerprint density at radius 3 is 1.41 bits per heavy atom. The lowest BCUT2D eigenvalue weighted by Gasteiger charge is -2.35. The Labute approximate surface area is 160 Å². The number of hydrogen-bond donors (Lipinski definition) is 0. The molecule has 0 N–H and O–H groups in total. The molecule has 0 radical (unpaired) electrons. The summed E-state index contributed by atoms with van der Waals surface area (Å²) in [5.74, 6) is 0. The highest BCUT2D eigenvalue weighted by Crippen LogP contribution is 2.40. The van der Waals surface area contributed by atoms with E-state index in [-0.39, 0.29) is 0 Å². The van der Waals surface area contributed by atoms with Gasteiger partial charge in [0.05, 0.1) is 12.3 Å². The maximum absolute atomic E-state index is 6.71. The van der Waals surface area contributed by atoms with Crippen LogP contribution in [0.25, 0.3) is 0 Å². The Kier molecular flexibility index (Phi) is 5.08. The highest BCUT2D eigenvalue weighted by Gasteiger charge is 2.37. The average Bonchev–Trinajstić information content (AvgIpc) is 2.77. The SMILES string of the molecule is c1ccc(C(OCc2ccccn2)(c2ccccc2)c2ccccc2)cc1. The van der Waals surface area contributed by atoms with E-state index < -0.39 is 5.60 Å². The van der Waals surface area contributed by atoms with Crippen LogP contribution in [0.5, 0.6) is 0 Å². The van der Waals surface area contributed by atoms with E-state index in [0.29, 0.717) is 6.61 Å². The van der Waals surface area contributed by atoms with Gasteiger partial charge in [0, 0.05) is 6.20 Å². The van der Waals surface area contributed by atoms with E-state index in [4.69, 9.17) is 4.74 Å².